The summed E-state index contributed by atoms with van der Waals surface area (Å²) in [4.78, 5) is 4.92. The van der Waals surface area contributed by atoms with E-state index in [0.717, 1.165) is 39.5 Å². The topological polar surface area (TPSA) is 29.3 Å². The molecule has 0 unspecified atom stereocenters. The molecule has 3 aromatic carbocycles. The van der Waals surface area contributed by atoms with Gasteiger partial charge in [-0.25, -0.2) is 4.98 Å². The van der Waals surface area contributed by atoms with Crippen molar-refractivity contribution < 1.29 is 0 Å². The first-order valence-electron chi connectivity index (χ1n) is 9.33. The van der Waals surface area contributed by atoms with E-state index in [4.69, 9.17) is 4.98 Å². The Hall–Kier alpha value is -3.85. The Kier molecular flexibility index (Phi) is 4.11. The van der Waals surface area contributed by atoms with E-state index in [-0.39, 0.29) is 0 Å². The number of nitrogens with one attached hydrogen (secondary N) is 1. The Balaban J connectivity index is 1.66. The van der Waals surface area contributed by atoms with Crippen molar-refractivity contribution in [3.8, 4) is 22.5 Å². The molecule has 0 spiro atoms. The van der Waals surface area contributed by atoms with E-state index < -0.39 is 0 Å². The summed E-state index contributed by atoms with van der Waals surface area (Å²) in [6, 6.07) is 35.2. The predicted octanol–water partition coefficient (Wildman–Crippen LogP) is 6.41. The zero-order valence-electron chi connectivity index (χ0n) is 15.3. The molecule has 5 rings (SSSR count). The monoisotopic (exact) mass is 361 g/mol. The number of anilines is 2. The summed E-state index contributed by atoms with van der Waals surface area (Å²) in [5.74, 6) is 0. The molecule has 5 aromatic rings. The van der Waals surface area contributed by atoms with Gasteiger partial charge in [-0.3, -0.25) is 4.40 Å². The smallest absolute Gasteiger partial charge is 0.137 e. The summed E-state index contributed by atoms with van der Waals surface area (Å²) < 4.78 is 2.16. The van der Waals surface area contributed by atoms with Crippen LogP contribution in [0.25, 0.3) is 28.2 Å². The number of benzene rings is 3. The molecule has 3 nitrogen and oxygen atoms in total. The van der Waals surface area contributed by atoms with E-state index in [2.05, 4.69) is 76.6 Å². The minimum absolute atomic E-state index is 0.942. The molecular formula is C25H19N3. The van der Waals surface area contributed by atoms with Gasteiger partial charge in [0, 0.05) is 28.7 Å². The first-order chi connectivity index (χ1) is 13.9. The summed E-state index contributed by atoms with van der Waals surface area (Å²) in [7, 11) is 0. The van der Waals surface area contributed by atoms with Crippen LogP contribution in [0.5, 0.6) is 0 Å². The van der Waals surface area contributed by atoms with Crippen LogP contribution in [-0.4, -0.2) is 9.38 Å². The minimum Gasteiger partial charge on any atom is -0.356 e. The van der Waals surface area contributed by atoms with Crippen LogP contribution in [0, 0.1) is 0 Å². The number of pyridine rings is 1. The fourth-order valence-corrected chi connectivity index (χ4v) is 3.50. The van der Waals surface area contributed by atoms with Crippen LogP contribution in [0.2, 0.25) is 0 Å². The van der Waals surface area contributed by atoms with Crippen molar-refractivity contribution >= 4 is 17.0 Å². The van der Waals surface area contributed by atoms with Gasteiger partial charge in [-0.1, -0.05) is 66.7 Å². The van der Waals surface area contributed by atoms with Crippen LogP contribution in [0.15, 0.2) is 109 Å². The number of para-hydroxylation sites is 1. The number of hydrogen-bond acceptors (Lipinski definition) is 2. The van der Waals surface area contributed by atoms with Gasteiger partial charge in [-0.2, -0.15) is 0 Å². The lowest BCUT2D eigenvalue weighted by atomic mass is 10.0. The molecule has 0 atom stereocenters. The van der Waals surface area contributed by atoms with E-state index in [9.17, 15) is 0 Å². The van der Waals surface area contributed by atoms with Gasteiger partial charge in [0.05, 0.1) is 11.4 Å². The molecule has 2 heterocycles. The summed E-state index contributed by atoms with van der Waals surface area (Å²) in [5.41, 5.74) is 7.38. The molecule has 134 valence electrons. The highest BCUT2D eigenvalue weighted by Crippen LogP contribution is 2.34. The normalized spacial score (nSPS) is 10.9. The average Bonchev–Trinajstić information content (AvgIpc) is 3.15. The van der Waals surface area contributed by atoms with Gasteiger partial charge in [-0.05, 0) is 36.4 Å². The first kappa shape index (κ1) is 16.3. The van der Waals surface area contributed by atoms with E-state index in [1.807, 2.05) is 42.5 Å². The Morgan fingerprint density at radius 2 is 1.29 bits per heavy atom. The SMILES string of the molecule is c1ccc(Nc2cccc(-c3c(-c4ccccc4)nc4ccccn34)c2)cc1. The summed E-state index contributed by atoms with van der Waals surface area (Å²) in [5, 5.41) is 3.48. The van der Waals surface area contributed by atoms with Crippen LogP contribution < -0.4 is 5.32 Å². The van der Waals surface area contributed by atoms with Gasteiger partial charge >= 0.3 is 0 Å². The Morgan fingerprint density at radius 1 is 0.607 bits per heavy atom. The second kappa shape index (κ2) is 7.05. The van der Waals surface area contributed by atoms with Gasteiger partial charge in [-0.15, -0.1) is 0 Å². The standard InChI is InChI=1S/C25H19N3/c1-3-10-19(11-4-1)24-25(28-17-8-7-16-23(28)27-24)20-12-9-15-22(18-20)26-21-13-5-2-6-14-21/h1-18,26H. The largest absolute Gasteiger partial charge is 0.356 e. The van der Waals surface area contributed by atoms with E-state index in [1.165, 1.54) is 0 Å². The Morgan fingerprint density at radius 3 is 2.11 bits per heavy atom. The van der Waals surface area contributed by atoms with Gasteiger partial charge in [0.2, 0.25) is 0 Å². The molecule has 2 aromatic heterocycles. The van der Waals surface area contributed by atoms with Crippen molar-refractivity contribution in [1.29, 1.82) is 0 Å². The molecule has 0 amide bonds. The number of nitrogens with zero attached hydrogens (tertiary/aromatic N) is 2. The second-order valence-electron chi connectivity index (χ2n) is 6.68. The van der Waals surface area contributed by atoms with Crippen molar-refractivity contribution in [3.05, 3.63) is 109 Å². The van der Waals surface area contributed by atoms with Crippen molar-refractivity contribution in [1.82, 2.24) is 9.38 Å². The number of imidazole rings is 1. The van der Waals surface area contributed by atoms with Crippen molar-refractivity contribution in [2.75, 3.05) is 5.32 Å². The van der Waals surface area contributed by atoms with Gasteiger partial charge in [0.15, 0.2) is 0 Å². The van der Waals surface area contributed by atoms with E-state index in [1.54, 1.807) is 0 Å². The van der Waals surface area contributed by atoms with Gasteiger partial charge in [0.25, 0.3) is 0 Å². The third-order valence-corrected chi connectivity index (χ3v) is 4.78. The molecule has 0 radical (unpaired) electrons. The highest BCUT2D eigenvalue weighted by Gasteiger charge is 2.15. The average molecular weight is 361 g/mol. The molecule has 0 bridgehead atoms. The number of aromatic nitrogens is 2. The van der Waals surface area contributed by atoms with Crippen LogP contribution in [-0.2, 0) is 0 Å². The molecule has 0 saturated heterocycles. The third kappa shape index (κ3) is 3.03. The molecule has 1 N–H and O–H groups in total. The maximum Gasteiger partial charge on any atom is 0.137 e. The fourth-order valence-electron chi connectivity index (χ4n) is 3.50. The van der Waals surface area contributed by atoms with Crippen LogP contribution in [0.1, 0.15) is 0 Å². The molecule has 28 heavy (non-hydrogen) atoms. The predicted molar refractivity (Wildman–Crippen MR) is 116 cm³/mol. The Labute approximate surface area is 163 Å². The first-order valence-corrected chi connectivity index (χ1v) is 9.33. The fraction of sp³-hybridized carbons (Fsp3) is 0. The lowest BCUT2D eigenvalue weighted by molar-refractivity contribution is 1.19. The highest BCUT2D eigenvalue weighted by molar-refractivity contribution is 5.83. The maximum absolute atomic E-state index is 4.92. The van der Waals surface area contributed by atoms with E-state index >= 15 is 0 Å². The maximum atomic E-state index is 4.92. The van der Waals surface area contributed by atoms with Gasteiger partial charge in [0.1, 0.15) is 5.65 Å². The van der Waals surface area contributed by atoms with Crippen molar-refractivity contribution in [2.24, 2.45) is 0 Å². The lowest BCUT2D eigenvalue weighted by Gasteiger charge is -2.10. The number of rotatable bonds is 4. The molecule has 0 aliphatic rings. The van der Waals surface area contributed by atoms with Crippen molar-refractivity contribution in [3.63, 3.8) is 0 Å². The highest BCUT2D eigenvalue weighted by atomic mass is 15.0. The molecule has 0 fully saturated rings. The van der Waals surface area contributed by atoms with Crippen LogP contribution in [0.4, 0.5) is 11.4 Å². The minimum atomic E-state index is 0.942. The third-order valence-electron chi connectivity index (χ3n) is 4.78. The zero-order valence-corrected chi connectivity index (χ0v) is 15.3. The molecule has 0 aliphatic carbocycles. The molecule has 3 heteroatoms. The number of fused-ring (bicyclic) bond motifs is 1. The van der Waals surface area contributed by atoms with Crippen LogP contribution >= 0.6 is 0 Å². The molecule has 0 saturated carbocycles. The summed E-state index contributed by atoms with van der Waals surface area (Å²) >= 11 is 0. The second-order valence-corrected chi connectivity index (χ2v) is 6.68. The Bertz CT molecular complexity index is 1220. The molecular weight excluding hydrogens is 342 g/mol. The quantitative estimate of drug-likeness (QED) is 0.401. The number of hydrogen-bond donors (Lipinski definition) is 1. The summed E-state index contributed by atoms with van der Waals surface area (Å²) in [6.45, 7) is 0. The van der Waals surface area contributed by atoms with Crippen molar-refractivity contribution in [2.45, 2.75) is 0 Å². The zero-order chi connectivity index (χ0) is 18.8. The van der Waals surface area contributed by atoms with Crippen LogP contribution in [0.3, 0.4) is 0 Å². The lowest BCUT2D eigenvalue weighted by Crippen LogP contribution is -1.93. The summed E-state index contributed by atoms with van der Waals surface area (Å²) in [6.07, 6.45) is 2.07. The molecule has 0 aliphatic heterocycles. The van der Waals surface area contributed by atoms with E-state index in [0.29, 0.717) is 0 Å². The van der Waals surface area contributed by atoms with Gasteiger partial charge < -0.3 is 5.32 Å².